The molecule has 0 radical (unpaired) electrons. The van der Waals surface area contributed by atoms with Crippen LogP contribution in [0.2, 0.25) is 0 Å². The summed E-state index contributed by atoms with van der Waals surface area (Å²) in [5.74, 6) is -0.672. The van der Waals surface area contributed by atoms with Crippen LogP contribution in [-0.4, -0.2) is 25.1 Å². The Balaban J connectivity index is 2.15. The molecule has 0 saturated carbocycles. The normalized spacial score (nSPS) is 11.2. The number of sulfonamides is 1. The van der Waals surface area contributed by atoms with Crippen molar-refractivity contribution in [2.24, 2.45) is 0 Å². The Morgan fingerprint density at radius 2 is 1.76 bits per heavy atom. The van der Waals surface area contributed by atoms with Crippen LogP contribution >= 0.6 is 11.8 Å². The lowest BCUT2D eigenvalue weighted by molar-refractivity contribution is -0.109. The van der Waals surface area contributed by atoms with Crippen molar-refractivity contribution in [3.05, 3.63) is 59.4 Å². The van der Waals surface area contributed by atoms with Crippen LogP contribution in [0.25, 0.3) is 0 Å². The number of thioether (sulfide) groups is 1. The Morgan fingerprint density at radius 1 is 1.12 bits per heavy atom. The van der Waals surface area contributed by atoms with Crippen molar-refractivity contribution in [2.45, 2.75) is 18.7 Å². The molecule has 25 heavy (non-hydrogen) atoms. The summed E-state index contributed by atoms with van der Waals surface area (Å²) in [7, 11) is -3.85. The van der Waals surface area contributed by atoms with Gasteiger partial charge in [-0.25, -0.2) is 12.8 Å². The number of nitrogens with one attached hydrogen (secondary N) is 1. The second-order valence-electron chi connectivity index (χ2n) is 5.30. The van der Waals surface area contributed by atoms with E-state index in [9.17, 15) is 22.4 Å². The van der Waals surface area contributed by atoms with Gasteiger partial charge in [0.2, 0.25) is 0 Å². The zero-order valence-electron chi connectivity index (χ0n) is 13.6. The fourth-order valence-corrected chi connectivity index (χ4v) is 3.54. The van der Waals surface area contributed by atoms with Crippen LogP contribution in [-0.2, 0) is 14.8 Å². The summed E-state index contributed by atoms with van der Waals surface area (Å²) in [6.45, 7) is 2.91. The van der Waals surface area contributed by atoms with Crippen molar-refractivity contribution >= 4 is 38.4 Å². The minimum absolute atomic E-state index is 0.00847. The Bertz CT molecular complexity index is 909. The number of carbonyl (C=O) groups excluding carboxylic acids is 2. The molecule has 2 aromatic carbocycles. The van der Waals surface area contributed by atoms with E-state index in [1.54, 1.807) is 0 Å². The molecule has 0 heterocycles. The summed E-state index contributed by atoms with van der Waals surface area (Å²) in [6.07, 6.45) is 0. The van der Waals surface area contributed by atoms with E-state index in [2.05, 4.69) is 4.72 Å². The molecule has 8 heteroatoms. The molecule has 0 aliphatic heterocycles. The molecule has 1 N–H and O–H groups in total. The van der Waals surface area contributed by atoms with Crippen LogP contribution in [0.1, 0.15) is 22.8 Å². The van der Waals surface area contributed by atoms with Gasteiger partial charge in [-0.1, -0.05) is 23.9 Å². The smallest absolute Gasteiger partial charge is 0.261 e. The Morgan fingerprint density at radius 3 is 2.32 bits per heavy atom. The molecule has 2 rings (SSSR count). The van der Waals surface area contributed by atoms with Crippen LogP contribution in [0.4, 0.5) is 10.1 Å². The molecular weight excluding hydrogens is 365 g/mol. The number of halogens is 1. The molecule has 0 aliphatic carbocycles. The number of ketones is 1. The first-order chi connectivity index (χ1) is 11.7. The van der Waals surface area contributed by atoms with E-state index in [4.69, 9.17) is 0 Å². The van der Waals surface area contributed by atoms with Gasteiger partial charge in [0.25, 0.3) is 10.0 Å². The maximum absolute atomic E-state index is 13.3. The highest BCUT2D eigenvalue weighted by molar-refractivity contribution is 8.14. The molecule has 5 nitrogen and oxygen atoms in total. The number of hydrogen-bond donors (Lipinski definition) is 1. The van der Waals surface area contributed by atoms with Gasteiger partial charge in [0.15, 0.2) is 10.9 Å². The molecule has 132 valence electrons. The van der Waals surface area contributed by atoms with Gasteiger partial charge < -0.3 is 0 Å². The molecule has 0 aliphatic rings. The lowest BCUT2D eigenvalue weighted by atomic mass is 10.1. The predicted molar refractivity (Wildman–Crippen MR) is 95.9 cm³/mol. The van der Waals surface area contributed by atoms with E-state index in [0.717, 1.165) is 11.8 Å². The molecule has 0 bridgehead atoms. The third-order valence-electron chi connectivity index (χ3n) is 3.30. The average molecular weight is 381 g/mol. The van der Waals surface area contributed by atoms with Gasteiger partial charge in [-0.2, -0.15) is 0 Å². The second-order valence-corrected chi connectivity index (χ2v) is 8.13. The summed E-state index contributed by atoms with van der Waals surface area (Å²) in [5.41, 5.74) is 0.895. The first-order valence-electron chi connectivity index (χ1n) is 7.24. The minimum atomic E-state index is -3.85. The van der Waals surface area contributed by atoms with E-state index >= 15 is 0 Å². The lowest BCUT2D eigenvalue weighted by Crippen LogP contribution is -2.13. The number of hydrogen-bond acceptors (Lipinski definition) is 5. The van der Waals surface area contributed by atoms with E-state index in [0.29, 0.717) is 11.1 Å². The number of benzene rings is 2. The number of rotatable bonds is 6. The van der Waals surface area contributed by atoms with Crippen molar-refractivity contribution in [3.8, 4) is 0 Å². The SMILES string of the molecule is CC(=O)SCC(=O)c1ccc(S(=O)(=O)Nc2ccc(F)c(C)c2)cc1. The minimum Gasteiger partial charge on any atom is -0.293 e. The van der Waals surface area contributed by atoms with E-state index in [-0.39, 0.29) is 27.2 Å². The lowest BCUT2D eigenvalue weighted by Gasteiger charge is -2.09. The van der Waals surface area contributed by atoms with Gasteiger partial charge in [-0.3, -0.25) is 14.3 Å². The highest BCUT2D eigenvalue weighted by Crippen LogP contribution is 2.19. The Labute approximate surface area is 149 Å². The third-order valence-corrected chi connectivity index (χ3v) is 5.51. The van der Waals surface area contributed by atoms with Gasteiger partial charge in [0, 0.05) is 18.2 Å². The summed E-state index contributed by atoms with van der Waals surface area (Å²) >= 11 is 0.899. The molecule has 0 saturated heterocycles. The van der Waals surface area contributed by atoms with Crippen LogP contribution in [0, 0.1) is 12.7 Å². The van der Waals surface area contributed by atoms with Crippen molar-refractivity contribution in [2.75, 3.05) is 10.5 Å². The van der Waals surface area contributed by atoms with Gasteiger partial charge >= 0.3 is 0 Å². The number of aryl methyl sites for hydroxylation is 1. The van der Waals surface area contributed by atoms with Crippen LogP contribution < -0.4 is 4.72 Å². The highest BCUT2D eigenvalue weighted by atomic mass is 32.2. The van der Waals surface area contributed by atoms with Crippen LogP contribution in [0.5, 0.6) is 0 Å². The third kappa shape index (κ3) is 5.14. The Hall–Kier alpha value is -2.19. The number of anilines is 1. The van der Waals surface area contributed by atoms with Gasteiger partial charge in [-0.05, 0) is 42.8 Å². The number of Topliss-reactive ketones (excluding diaryl/α,β-unsaturated/α-hetero) is 1. The summed E-state index contributed by atoms with van der Waals surface area (Å²) in [5, 5.41) is -0.161. The van der Waals surface area contributed by atoms with Gasteiger partial charge in [-0.15, -0.1) is 0 Å². The topological polar surface area (TPSA) is 80.3 Å². The summed E-state index contributed by atoms with van der Waals surface area (Å²) in [6, 6.07) is 9.32. The maximum Gasteiger partial charge on any atom is 0.261 e. The van der Waals surface area contributed by atoms with Gasteiger partial charge in [0.1, 0.15) is 5.82 Å². The van der Waals surface area contributed by atoms with E-state index < -0.39 is 15.8 Å². The van der Waals surface area contributed by atoms with Crippen molar-refractivity contribution < 1.29 is 22.4 Å². The van der Waals surface area contributed by atoms with Gasteiger partial charge in [0.05, 0.1) is 10.6 Å². The average Bonchev–Trinajstić information content (AvgIpc) is 2.56. The van der Waals surface area contributed by atoms with Crippen LogP contribution in [0.15, 0.2) is 47.4 Å². The molecule has 0 unspecified atom stereocenters. The zero-order chi connectivity index (χ0) is 18.6. The summed E-state index contributed by atoms with van der Waals surface area (Å²) in [4.78, 5) is 22.8. The molecule has 0 atom stereocenters. The van der Waals surface area contributed by atoms with Crippen molar-refractivity contribution in [1.29, 1.82) is 0 Å². The second kappa shape index (κ2) is 7.79. The van der Waals surface area contributed by atoms with Crippen molar-refractivity contribution in [3.63, 3.8) is 0 Å². The standard InChI is InChI=1S/C17H16FNO4S2/c1-11-9-14(5-8-16(11)18)19-25(22,23)15-6-3-13(4-7-15)17(21)10-24-12(2)20/h3-9,19H,10H2,1-2H3. The monoisotopic (exact) mass is 381 g/mol. The predicted octanol–water partition coefficient (Wildman–Crippen LogP) is 3.40. The Kier molecular flexibility index (Phi) is 5.97. The molecule has 0 fully saturated rings. The van der Waals surface area contributed by atoms with Crippen molar-refractivity contribution in [1.82, 2.24) is 0 Å². The molecule has 0 spiro atoms. The first kappa shape index (κ1) is 19.1. The molecule has 2 aromatic rings. The molecular formula is C17H16FNO4S2. The van der Waals surface area contributed by atoms with E-state index in [1.165, 1.54) is 56.3 Å². The summed E-state index contributed by atoms with van der Waals surface area (Å²) < 4.78 is 40.3. The maximum atomic E-state index is 13.3. The first-order valence-corrected chi connectivity index (χ1v) is 9.71. The fourth-order valence-electron chi connectivity index (χ4n) is 1.99. The zero-order valence-corrected chi connectivity index (χ0v) is 15.2. The molecule has 0 aromatic heterocycles. The molecule has 0 amide bonds. The van der Waals surface area contributed by atoms with Crippen LogP contribution in [0.3, 0.4) is 0 Å². The highest BCUT2D eigenvalue weighted by Gasteiger charge is 2.16. The largest absolute Gasteiger partial charge is 0.293 e. The van der Waals surface area contributed by atoms with E-state index in [1.807, 2.05) is 0 Å². The fraction of sp³-hybridized carbons (Fsp3) is 0.176. The number of carbonyl (C=O) groups is 2. The quantitative estimate of drug-likeness (QED) is 0.776.